The minimum Gasteiger partial charge on any atom is -0.334 e. The number of nitrogens with zero attached hydrogens (tertiary/aromatic N) is 1. The molecule has 1 saturated carbocycles. The molecule has 1 aliphatic rings. The molecule has 3 nitrogen and oxygen atoms in total. The third-order valence-electron chi connectivity index (χ3n) is 3.91. The van der Waals surface area contributed by atoms with Gasteiger partial charge in [0, 0.05) is 12.6 Å². The van der Waals surface area contributed by atoms with Crippen LogP contribution >= 0.6 is 11.3 Å². The average Bonchev–Trinajstić information content (AvgIpc) is 3.20. The zero-order chi connectivity index (χ0) is 14.8. The summed E-state index contributed by atoms with van der Waals surface area (Å²) in [6.45, 7) is 2.71. The molecule has 1 fully saturated rings. The van der Waals surface area contributed by atoms with Crippen molar-refractivity contribution in [3.8, 4) is 0 Å². The van der Waals surface area contributed by atoms with Crippen molar-refractivity contribution in [3.63, 3.8) is 0 Å². The number of hydrogen-bond donors (Lipinski definition) is 1. The number of hydrogen-bond acceptors (Lipinski definition) is 3. The van der Waals surface area contributed by atoms with Crippen molar-refractivity contribution in [1.29, 1.82) is 0 Å². The normalized spacial score (nSPS) is 15.7. The minimum atomic E-state index is -0.565. The second kappa shape index (κ2) is 6.00. The zero-order valence-corrected chi connectivity index (χ0v) is 13.0. The molecule has 2 N–H and O–H groups in total. The Morgan fingerprint density at radius 2 is 2.05 bits per heavy atom. The van der Waals surface area contributed by atoms with Crippen LogP contribution in [-0.2, 0) is 11.3 Å². The molecule has 0 radical (unpaired) electrons. The van der Waals surface area contributed by atoms with Gasteiger partial charge < -0.3 is 10.6 Å². The molecule has 0 aliphatic heterocycles. The van der Waals surface area contributed by atoms with E-state index in [2.05, 4.69) is 11.4 Å². The smallest absolute Gasteiger partial charge is 0.244 e. The summed E-state index contributed by atoms with van der Waals surface area (Å²) in [5.74, 6) is 0.0348. The number of amides is 1. The molecule has 3 rings (SSSR count). The molecule has 0 saturated heterocycles. The lowest BCUT2D eigenvalue weighted by Gasteiger charge is -2.25. The van der Waals surface area contributed by atoms with Crippen LogP contribution in [0, 0.1) is 6.92 Å². The van der Waals surface area contributed by atoms with E-state index in [4.69, 9.17) is 5.73 Å². The molecule has 4 heteroatoms. The first-order valence-corrected chi connectivity index (χ1v) is 8.23. The van der Waals surface area contributed by atoms with Crippen molar-refractivity contribution in [2.75, 3.05) is 0 Å². The number of aryl methyl sites for hydroxylation is 1. The largest absolute Gasteiger partial charge is 0.334 e. The van der Waals surface area contributed by atoms with Gasteiger partial charge in [0.15, 0.2) is 0 Å². The first kappa shape index (κ1) is 14.3. The van der Waals surface area contributed by atoms with E-state index in [1.54, 1.807) is 11.3 Å². The second-order valence-electron chi connectivity index (χ2n) is 5.72. The van der Waals surface area contributed by atoms with E-state index in [9.17, 15) is 4.79 Å². The van der Waals surface area contributed by atoms with Crippen molar-refractivity contribution in [2.24, 2.45) is 5.73 Å². The Labute approximate surface area is 129 Å². The Bertz CT molecular complexity index is 602. The third-order valence-corrected chi connectivity index (χ3v) is 4.64. The van der Waals surface area contributed by atoms with Gasteiger partial charge in [0.05, 0.1) is 0 Å². The minimum absolute atomic E-state index is 0.0348. The summed E-state index contributed by atoms with van der Waals surface area (Å²) in [5, 5.41) is 4.14. The van der Waals surface area contributed by atoms with Crippen LogP contribution in [-0.4, -0.2) is 16.8 Å². The van der Waals surface area contributed by atoms with E-state index in [0.29, 0.717) is 12.6 Å². The second-order valence-corrected chi connectivity index (χ2v) is 6.50. The fraction of sp³-hybridized carbons (Fsp3) is 0.353. The highest BCUT2D eigenvalue weighted by Gasteiger charge is 2.35. The van der Waals surface area contributed by atoms with Gasteiger partial charge in [0.1, 0.15) is 6.04 Å². The van der Waals surface area contributed by atoms with Crippen molar-refractivity contribution in [3.05, 3.63) is 57.8 Å². The monoisotopic (exact) mass is 300 g/mol. The van der Waals surface area contributed by atoms with Gasteiger partial charge in [0.2, 0.25) is 5.91 Å². The van der Waals surface area contributed by atoms with Crippen molar-refractivity contribution < 1.29 is 4.79 Å². The van der Waals surface area contributed by atoms with Crippen LogP contribution in [0.1, 0.15) is 35.6 Å². The number of rotatable bonds is 5. The van der Waals surface area contributed by atoms with Gasteiger partial charge in [-0.25, -0.2) is 0 Å². The summed E-state index contributed by atoms with van der Waals surface area (Å²) >= 11 is 1.66. The summed E-state index contributed by atoms with van der Waals surface area (Å²) < 4.78 is 0. The molecule has 21 heavy (non-hydrogen) atoms. The van der Waals surface area contributed by atoms with E-state index in [1.165, 1.54) is 11.1 Å². The highest BCUT2D eigenvalue weighted by atomic mass is 32.1. The van der Waals surface area contributed by atoms with Gasteiger partial charge in [-0.3, -0.25) is 4.79 Å². The highest BCUT2D eigenvalue weighted by Crippen LogP contribution is 2.31. The Morgan fingerprint density at radius 1 is 1.33 bits per heavy atom. The Hall–Kier alpha value is -1.65. The maximum absolute atomic E-state index is 12.7. The van der Waals surface area contributed by atoms with E-state index in [1.807, 2.05) is 41.5 Å². The molecule has 2 aromatic rings. The number of carbonyl (C=O) groups is 1. The van der Waals surface area contributed by atoms with Crippen LogP contribution in [0.3, 0.4) is 0 Å². The molecule has 110 valence electrons. The molecule has 0 bridgehead atoms. The number of nitrogens with two attached hydrogens (primary N) is 1. The van der Waals surface area contributed by atoms with Crippen LogP contribution < -0.4 is 5.73 Å². The molecule has 1 amide bonds. The van der Waals surface area contributed by atoms with Gasteiger partial charge in [0.25, 0.3) is 0 Å². The zero-order valence-electron chi connectivity index (χ0n) is 12.2. The fourth-order valence-electron chi connectivity index (χ4n) is 2.45. The van der Waals surface area contributed by atoms with Crippen molar-refractivity contribution >= 4 is 17.2 Å². The molecule has 1 aromatic carbocycles. The lowest BCUT2D eigenvalue weighted by atomic mass is 10.0. The topological polar surface area (TPSA) is 46.3 Å². The highest BCUT2D eigenvalue weighted by molar-refractivity contribution is 7.07. The Kier molecular flexibility index (Phi) is 4.08. The van der Waals surface area contributed by atoms with Gasteiger partial charge in [-0.2, -0.15) is 11.3 Å². The maximum Gasteiger partial charge on any atom is 0.244 e. The molecule has 1 aliphatic carbocycles. The van der Waals surface area contributed by atoms with Gasteiger partial charge in [-0.1, -0.05) is 29.8 Å². The van der Waals surface area contributed by atoms with Crippen LogP contribution in [0.2, 0.25) is 0 Å². The summed E-state index contributed by atoms with van der Waals surface area (Å²) in [4.78, 5) is 14.7. The van der Waals surface area contributed by atoms with Crippen LogP contribution in [0.5, 0.6) is 0 Å². The number of carbonyl (C=O) groups excluding carboxylic acids is 1. The van der Waals surface area contributed by atoms with Gasteiger partial charge in [-0.05, 0) is 47.7 Å². The summed E-state index contributed by atoms with van der Waals surface area (Å²) in [5.41, 5.74) is 9.45. The average molecular weight is 300 g/mol. The van der Waals surface area contributed by atoms with Crippen LogP contribution in [0.15, 0.2) is 41.1 Å². The van der Waals surface area contributed by atoms with Crippen LogP contribution in [0.25, 0.3) is 0 Å². The van der Waals surface area contributed by atoms with E-state index < -0.39 is 6.04 Å². The van der Waals surface area contributed by atoms with Gasteiger partial charge in [-0.15, -0.1) is 0 Å². The lowest BCUT2D eigenvalue weighted by Crippen LogP contribution is -2.39. The standard InChI is InChI=1S/C17H20N2OS/c1-12-2-4-14(5-3-12)16(18)17(20)19(15-6-7-15)10-13-8-9-21-11-13/h2-5,8-9,11,15-16H,6-7,10,18H2,1H3. The third kappa shape index (κ3) is 3.34. The fourth-order valence-corrected chi connectivity index (χ4v) is 3.11. The summed E-state index contributed by atoms with van der Waals surface area (Å²) in [6.07, 6.45) is 2.19. The molecule has 1 aromatic heterocycles. The predicted octanol–water partition coefficient (Wildman–Crippen LogP) is 3.25. The predicted molar refractivity (Wildman–Crippen MR) is 86.0 cm³/mol. The van der Waals surface area contributed by atoms with Crippen molar-refractivity contribution in [1.82, 2.24) is 4.90 Å². The Morgan fingerprint density at radius 3 is 2.62 bits per heavy atom. The maximum atomic E-state index is 12.7. The number of benzene rings is 1. The van der Waals surface area contributed by atoms with Crippen LogP contribution in [0.4, 0.5) is 0 Å². The van der Waals surface area contributed by atoms with Crippen molar-refractivity contribution in [2.45, 2.75) is 38.4 Å². The molecular weight excluding hydrogens is 280 g/mol. The molecule has 1 unspecified atom stereocenters. The quantitative estimate of drug-likeness (QED) is 0.921. The van der Waals surface area contributed by atoms with E-state index in [0.717, 1.165) is 18.4 Å². The summed E-state index contributed by atoms with van der Waals surface area (Å²) in [7, 11) is 0. The molecular formula is C17H20N2OS. The summed E-state index contributed by atoms with van der Waals surface area (Å²) in [6, 6.07) is 9.79. The molecule has 0 spiro atoms. The Balaban J connectivity index is 1.75. The molecule has 1 atom stereocenters. The lowest BCUT2D eigenvalue weighted by molar-refractivity contribution is -0.134. The first-order valence-electron chi connectivity index (χ1n) is 7.29. The van der Waals surface area contributed by atoms with Gasteiger partial charge >= 0.3 is 0 Å². The van der Waals surface area contributed by atoms with E-state index >= 15 is 0 Å². The SMILES string of the molecule is Cc1ccc(C(N)C(=O)N(Cc2ccsc2)C2CC2)cc1. The molecule has 1 heterocycles. The van der Waals surface area contributed by atoms with E-state index in [-0.39, 0.29) is 5.91 Å². The first-order chi connectivity index (χ1) is 10.1. The number of thiophene rings is 1.